The first-order valence-corrected chi connectivity index (χ1v) is 7.39. The Morgan fingerprint density at radius 3 is 2.63 bits per heavy atom. The normalized spacial score (nSPS) is 26.3. The first kappa shape index (κ1) is 16.4. The van der Waals surface area contributed by atoms with Crippen LogP contribution in [-0.2, 0) is 9.53 Å². The number of hydrogen-bond acceptors (Lipinski definition) is 3. The van der Waals surface area contributed by atoms with Gasteiger partial charge in [-0.1, -0.05) is 27.7 Å². The van der Waals surface area contributed by atoms with Gasteiger partial charge in [-0.15, -0.1) is 0 Å². The Bertz CT molecular complexity index is 299. The summed E-state index contributed by atoms with van der Waals surface area (Å²) in [5.74, 6) is 0.179. The molecule has 4 heteroatoms. The van der Waals surface area contributed by atoms with Gasteiger partial charge in [0.05, 0.1) is 18.8 Å². The first-order valence-electron chi connectivity index (χ1n) is 7.39. The lowest BCUT2D eigenvalue weighted by Crippen LogP contribution is -2.52. The van der Waals surface area contributed by atoms with Crippen molar-refractivity contribution in [2.24, 2.45) is 11.1 Å². The minimum atomic E-state index is -0.0526. The Morgan fingerprint density at radius 1 is 1.47 bits per heavy atom. The van der Waals surface area contributed by atoms with Crippen LogP contribution in [0.25, 0.3) is 0 Å². The van der Waals surface area contributed by atoms with Crippen LogP contribution >= 0.6 is 0 Å². The zero-order chi connectivity index (χ0) is 14.6. The van der Waals surface area contributed by atoms with Crippen molar-refractivity contribution in [3.05, 3.63) is 0 Å². The van der Waals surface area contributed by atoms with Crippen molar-refractivity contribution in [2.75, 3.05) is 13.2 Å². The Labute approximate surface area is 117 Å². The van der Waals surface area contributed by atoms with Gasteiger partial charge in [0.1, 0.15) is 0 Å². The molecular formula is C15H30N2O2. The summed E-state index contributed by atoms with van der Waals surface area (Å²) >= 11 is 0. The highest BCUT2D eigenvalue weighted by Crippen LogP contribution is 2.22. The van der Waals surface area contributed by atoms with Gasteiger partial charge in [0.2, 0.25) is 5.91 Å². The Kier molecular flexibility index (Phi) is 5.81. The average Bonchev–Trinajstić information content (AvgIpc) is 2.26. The van der Waals surface area contributed by atoms with Crippen molar-refractivity contribution in [3.63, 3.8) is 0 Å². The molecule has 1 fully saturated rings. The number of morpholine rings is 1. The molecule has 3 atom stereocenters. The molecule has 0 aliphatic carbocycles. The van der Waals surface area contributed by atoms with Gasteiger partial charge in [0, 0.05) is 19.0 Å². The number of carbonyl (C=O) groups is 1. The summed E-state index contributed by atoms with van der Waals surface area (Å²) in [6.45, 7) is 11.9. The number of rotatable bonds is 4. The highest BCUT2D eigenvalue weighted by atomic mass is 16.5. The van der Waals surface area contributed by atoms with Gasteiger partial charge in [0.25, 0.3) is 0 Å². The van der Waals surface area contributed by atoms with Crippen LogP contribution in [0.5, 0.6) is 0 Å². The molecule has 19 heavy (non-hydrogen) atoms. The molecule has 0 radical (unpaired) electrons. The highest BCUT2D eigenvalue weighted by Gasteiger charge is 2.30. The molecule has 112 valence electrons. The van der Waals surface area contributed by atoms with Gasteiger partial charge >= 0.3 is 0 Å². The predicted molar refractivity (Wildman–Crippen MR) is 77.9 cm³/mol. The lowest BCUT2D eigenvalue weighted by molar-refractivity contribution is -0.144. The van der Waals surface area contributed by atoms with E-state index in [4.69, 9.17) is 10.5 Å². The zero-order valence-electron chi connectivity index (χ0n) is 13.1. The summed E-state index contributed by atoms with van der Waals surface area (Å²) in [5.41, 5.74) is 6.28. The SMILES string of the molecule is CCC1COC(C)CN1C(=O)CC(N)CC(C)(C)C. The van der Waals surface area contributed by atoms with Crippen molar-refractivity contribution in [1.82, 2.24) is 4.90 Å². The third kappa shape index (κ3) is 5.49. The summed E-state index contributed by atoms with van der Waals surface area (Å²) < 4.78 is 5.62. The van der Waals surface area contributed by atoms with E-state index < -0.39 is 0 Å². The number of amides is 1. The van der Waals surface area contributed by atoms with Crippen LogP contribution < -0.4 is 5.73 Å². The van der Waals surface area contributed by atoms with Crippen LogP contribution in [0, 0.1) is 5.41 Å². The Balaban J connectivity index is 2.55. The molecule has 1 aliphatic heterocycles. The third-order valence-electron chi connectivity index (χ3n) is 3.57. The van der Waals surface area contributed by atoms with Gasteiger partial charge in [-0.2, -0.15) is 0 Å². The fourth-order valence-corrected chi connectivity index (χ4v) is 2.69. The van der Waals surface area contributed by atoms with Gasteiger partial charge in [-0.3, -0.25) is 4.79 Å². The van der Waals surface area contributed by atoms with E-state index in [1.54, 1.807) is 0 Å². The number of carbonyl (C=O) groups excluding carboxylic acids is 1. The molecule has 0 aromatic rings. The largest absolute Gasteiger partial charge is 0.375 e. The molecule has 0 saturated carbocycles. The number of hydrogen-bond donors (Lipinski definition) is 1. The molecule has 0 spiro atoms. The molecular weight excluding hydrogens is 240 g/mol. The molecule has 1 amide bonds. The minimum absolute atomic E-state index is 0.0526. The molecule has 1 saturated heterocycles. The highest BCUT2D eigenvalue weighted by molar-refractivity contribution is 5.77. The second-order valence-corrected chi connectivity index (χ2v) is 6.98. The van der Waals surface area contributed by atoms with E-state index in [0.717, 1.165) is 12.8 Å². The van der Waals surface area contributed by atoms with Crippen molar-refractivity contribution < 1.29 is 9.53 Å². The van der Waals surface area contributed by atoms with E-state index in [0.29, 0.717) is 19.6 Å². The summed E-state index contributed by atoms with van der Waals surface area (Å²) in [5, 5.41) is 0. The Hall–Kier alpha value is -0.610. The predicted octanol–water partition coefficient (Wildman–Crippen LogP) is 2.17. The van der Waals surface area contributed by atoms with Gasteiger partial charge in [0.15, 0.2) is 0 Å². The maximum atomic E-state index is 12.4. The van der Waals surface area contributed by atoms with Crippen molar-refractivity contribution in [2.45, 2.75) is 72.1 Å². The second-order valence-electron chi connectivity index (χ2n) is 6.98. The quantitative estimate of drug-likeness (QED) is 0.851. The molecule has 0 aromatic carbocycles. The molecule has 2 N–H and O–H groups in total. The molecule has 0 aromatic heterocycles. The van der Waals surface area contributed by atoms with Gasteiger partial charge in [-0.25, -0.2) is 0 Å². The van der Waals surface area contributed by atoms with Crippen molar-refractivity contribution in [1.29, 1.82) is 0 Å². The molecule has 1 rings (SSSR count). The monoisotopic (exact) mass is 270 g/mol. The van der Waals surface area contributed by atoms with Crippen LogP contribution in [0.15, 0.2) is 0 Å². The van der Waals surface area contributed by atoms with Crippen LogP contribution in [0.4, 0.5) is 0 Å². The van der Waals surface area contributed by atoms with E-state index in [9.17, 15) is 4.79 Å². The molecule has 0 bridgehead atoms. The van der Waals surface area contributed by atoms with E-state index in [1.807, 2.05) is 11.8 Å². The number of nitrogens with two attached hydrogens (primary N) is 1. The van der Waals surface area contributed by atoms with Crippen LogP contribution in [0.3, 0.4) is 0 Å². The maximum Gasteiger partial charge on any atom is 0.224 e. The molecule has 1 heterocycles. The molecule has 1 aliphatic rings. The molecule has 4 nitrogen and oxygen atoms in total. The van der Waals surface area contributed by atoms with Crippen molar-refractivity contribution >= 4 is 5.91 Å². The zero-order valence-corrected chi connectivity index (χ0v) is 13.1. The van der Waals surface area contributed by atoms with Crippen LogP contribution in [0.2, 0.25) is 0 Å². The lowest BCUT2D eigenvalue weighted by Gasteiger charge is -2.39. The fourth-order valence-electron chi connectivity index (χ4n) is 2.69. The summed E-state index contributed by atoms with van der Waals surface area (Å²) in [7, 11) is 0. The van der Waals surface area contributed by atoms with Crippen LogP contribution in [0.1, 0.15) is 53.9 Å². The smallest absolute Gasteiger partial charge is 0.224 e. The third-order valence-corrected chi connectivity index (χ3v) is 3.57. The van der Waals surface area contributed by atoms with Crippen molar-refractivity contribution in [3.8, 4) is 0 Å². The maximum absolute atomic E-state index is 12.4. The van der Waals surface area contributed by atoms with Gasteiger partial charge < -0.3 is 15.4 Å². The topological polar surface area (TPSA) is 55.6 Å². The number of ether oxygens (including phenoxy) is 1. The van der Waals surface area contributed by atoms with E-state index in [2.05, 4.69) is 27.7 Å². The Morgan fingerprint density at radius 2 is 2.11 bits per heavy atom. The lowest BCUT2D eigenvalue weighted by atomic mass is 9.87. The second kappa shape index (κ2) is 6.71. The molecule has 3 unspecified atom stereocenters. The summed E-state index contributed by atoms with van der Waals surface area (Å²) in [6.07, 6.45) is 2.38. The standard InChI is InChI=1S/C15H30N2O2/c1-6-13-10-19-11(2)9-17(13)14(18)7-12(16)8-15(3,4)5/h11-13H,6-10,16H2,1-5H3. The fraction of sp³-hybridized carbons (Fsp3) is 0.933. The van der Waals surface area contributed by atoms with Gasteiger partial charge in [-0.05, 0) is 25.2 Å². The first-order chi connectivity index (χ1) is 8.73. The number of nitrogens with zero attached hydrogens (tertiary/aromatic N) is 1. The van der Waals surface area contributed by atoms with Crippen LogP contribution in [-0.4, -0.2) is 42.1 Å². The average molecular weight is 270 g/mol. The van der Waals surface area contributed by atoms with E-state index in [-0.39, 0.29) is 29.5 Å². The summed E-state index contributed by atoms with van der Waals surface area (Å²) in [4.78, 5) is 14.4. The van der Waals surface area contributed by atoms with E-state index in [1.165, 1.54) is 0 Å². The van der Waals surface area contributed by atoms with E-state index >= 15 is 0 Å². The summed E-state index contributed by atoms with van der Waals surface area (Å²) in [6, 6.07) is 0.161. The minimum Gasteiger partial charge on any atom is -0.375 e.